The molecule has 0 fully saturated rings. The molecule has 30 heavy (non-hydrogen) atoms. The van der Waals surface area contributed by atoms with Crippen molar-refractivity contribution < 1.29 is 9.47 Å². The summed E-state index contributed by atoms with van der Waals surface area (Å²) in [6.45, 7) is 0. The number of benzene rings is 2. The molecule has 0 spiro atoms. The van der Waals surface area contributed by atoms with E-state index in [0.29, 0.717) is 0 Å². The van der Waals surface area contributed by atoms with Gasteiger partial charge in [0, 0.05) is 16.8 Å². The van der Waals surface area contributed by atoms with Crippen LogP contribution in [0.3, 0.4) is 0 Å². The molecule has 0 amide bonds. The number of nitrogens with one attached hydrogen (secondary N) is 1. The van der Waals surface area contributed by atoms with Crippen LogP contribution in [0.25, 0.3) is 6.08 Å². The predicted octanol–water partition coefficient (Wildman–Crippen LogP) is 4.83. The average Bonchev–Trinajstić information content (AvgIpc) is 3.26. The first-order valence-electron chi connectivity index (χ1n) is 10.2. The Labute approximate surface area is 175 Å². The monoisotopic (exact) mass is 400 g/mol. The summed E-state index contributed by atoms with van der Waals surface area (Å²) in [6.07, 6.45) is 6.90. The van der Waals surface area contributed by atoms with Gasteiger partial charge in [-0.15, -0.1) is 0 Å². The molecule has 2 aromatic carbocycles. The minimum absolute atomic E-state index is 0.0451. The second-order valence-corrected chi connectivity index (χ2v) is 7.46. The molecule has 1 N–H and O–H groups in total. The molecule has 2 heterocycles. The minimum Gasteiger partial charge on any atom is -0.496 e. The second-order valence-electron chi connectivity index (χ2n) is 7.46. The summed E-state index contributed by atoms with van der Waals surface area (Å²) in [5.41, 5.74) is 5.88. The highest BCUT2D eigenvalue weighted by molar-refractivity contribution is 5.68. The summed E-state index contributed by atoms with van der Waals surface area (Å²) in [5.74, 6) is 2.48. The van der Waals surface area contributed by atoms with Crippen molar-refractivity contribution in [1.29, 1.82) is 0 Å². The summed E-state index contributed by atoms with van der Waals surface area (Å²) >= 11 is 0. The third-order valence-electron chi connectivity index (χ3n) is 5.82. The van der Waals surface area contributed by atoms with Gasteiger partial charge in [-0.3, -0.25) is 0 Å². The molecule has 1 unspecified atom stereocenters. The minimum atomic E-state index is -0.0451. The number of fused-ring (bicyclic) bond motifs is 1. The first kappa shape index (κ1) is 18.5. The largest absolute Gasteiger partial charge is 0.496 e. The lowest BCUT2D eigenvalue weighted by Gasteiger charge is -2.35. The Morgan fingerprint density at radius 3 is 2.60 bits per heavy atom. The molecule has 1 aliphatic carbocycles. The van der Waals surface area contributed by atoms with Crippen LogP contribution in [0, 0.1) is 0 Å². The summed E-state index contributed by atoms with van der Waals surface area (Å²) in [4.78, 5) is 4.47. The van der Waals surface area contributed by atoms with E-state index < -0.39 is 0 Å². The van der Waals surface area contributed by atoms with Gasteiger partial charge in [0.1, 0.15) is 23.9 Å². The Bertz CT molecular complexity index is 1150. The van der Waals surface area contributed by atoms with E-state index >= 15 is 0 Å². The van der Waals surface area contributed by atoms with Gasteiger partial charge in [-0.25, -0.2) is 4.68 Å². The van der Waals surface area contributed by atoms with Gasteiger partial charge in [-0.2, -0.15) is 10.1 Å². The van der Waals surface area contributed by atoms with E-state index in [-0.39, 0.29) is 6.04 Å². The number of para-hydroxylation sites is 2. The summed E-state index contributed by atoms with van der Waals surface area (Å²) in [6, 6.07) is 16.2. The van der Waals surface area contributed by atoms with Crippen LogP contribution in [0.5, 0.6) is 11.5 Å². The lowest BCUT2D eigenvalue weighted by atomic mass is 9.83. The van der Waals surface area contributed by atoms with Gasteiger partial charge in [-0.05, 0) is 48.6 Å². The molecule has 0 saturated heterocycles. The fourth-order valence-corrected chi connectivity index (χ4v) is 4.48. The first-order valence-corrected chi connectivity index (χ1v) is 10.2. The zero-order valence-corrected chi connectivity index (χ0v) is 17.1. The van der Waals surface area contributed by atoms with Gasteiger partial charge in [0.15, 0.2) is 0 Å². The third-order valence-corrected chi connectivity index (χ3v) is 5.82. The van der Waals surface area contributed by atoms with Crippen molar-refractivity contribution in [2.45, 2.75) is 25.3 Å². The third kappa shape index (κ3) is 3.05. The Morgan fingerprint density at radius 1 is 1.00 bits per heavy atom. The molecule has 1 atom stereocenters. The number of anilines is 1. The Morgan fingerprint density at radius 2 is 1.77 bits per heavy atom. The van der Waals surface area contributed by atoms with E-state index in [2.05, 4.69) is 33.6 Å². The quantitative estimate of drug-likeness (QED) is 0.680. The highest BCUT2D eigenvalue weighted by Gasteiger charge is 2.34. The second kappa shape index (κ2) is 7.71. The topological polar surface area (TPSA) is 61.2 Å². The number of hydrogen-bond acceptors (Lipinski definition) is 5. The van der Waals surface area contributed by atoms with E-state index in [4.69, 9.17) is 9.47 Å². The molecule has 2 aliphatic rings. The molecule has 3 aromatic rings. The number of nitrogens with zero attached hydrogens (tertiary/aromatic N) is 3. The number of hydrogen-bond donors (Lipinski definition) is 1. The Hall–Kier alpha value is -3.54. The highest BCUT2D eigenvalue weighted by Crippen LogP contribution is 2.45. The van der Waals surface area contributed by atoms with E-state index in [1.165, 1.54) is 11.1 Å². The van der Waals surface area contributed by atoms with Crippen molar-refractivity contribution in [3.63, 3.8) is 0 Å². The lowest BCUT2D eigenvalue weighted by molar-refractivity contribution is 0.400. The fourth-order valence-electron chi connectivity index (χ4n) is 4.48. The van der Waals surface area contributed by atoms with Gasteiger partial charge >= 0.3 is 0 Å². The Balaban J connectivity index is 1.67. The van der Waals surface area contributed by atoms with Crippen LogP contribution < -0.4 is 14.8 Å². The number of ether oxygens (including phenoxy) is 2. The zero-order chi connectivity index (χ0) is 20.5. The summed E-state index contributed by atoms with van der Waals surface area (Å²) in [7, 11) is 3.42. The van der Waals surface area contributed by atoms with Crippen LogP contribution in [0.4, 0.5) is 5.95 Å². The maximum Gasteiger partial charge on any atom is 0.226 e. The molecule has 1 aromatic heterocycles. The molecular formula is C24H24N4O2. The van der Waals surface area contributed by atoms with Crippen molar-refractivity contribution in [2.24, 2.45) is 0 Å². The number of aromatic nitrogens is 3. The van der Waals surface area contributed by atoms with E-state index in [1.807, 2.05) is 41.1 Å². The van der Waals surface area contributed by atoms with Crippen molar-refractivity contribution >= 4 is 12.0 Å². The lowest BCUT2D eigenvalue weighted by Crippen LogP contribution is -2.28. The maximum absolute atomic E-state index is 5.69. The molecule has 6 heteroatoms. The van der Waals surface area contributed by atoms with Crippen LogP contribution >= 0.6 is 0 Å². The van der Waals surface area contributed by atoms with Gasteiger partial charge in [-0.1, -0.05) is 36.4 Å². The normalized spacial score (nSPS) is 19.1. The first-order chi connectivity index (χ1) is 14.8. The molecule has 5 rings (SSSR count). The van der Waals surface area contributed by atoms with Crippen molar-refractivity contribution in [1.82, 2.24) is 14.8 Å². The maximum atomic E-state index is 5.69. The fraction of sp³-hybridized carbons (Fsp3) is 0.250. The zero-order valence-electron chi connectivity index (χ0n) is 17.1. The average molecular weight is 400 g/mol. The van der Waals surface area contributed by atoms with E-state index in [1.54, 1.807) is 20.5 Å². The summed E-state index contributed by atoms with van der Waals surface area (Å²) < 4.78 is 13.2. The van der Waals surface area contributed by atoms with Gasteiger partial charge in [0.2, 0.25) is 5.95 Å². The molecular weight excluding hydrogens is 376 g/mol. The van der Waals surface area contributed by atoms with Crippen LogP contribution in [0.2, 0.25) is 0 Å². The standard InChI is InChI=1S/C24H24N4O2/c1-29-20-12-5-3-8-16(20)14-17-9-7-11-19-22(17)27-24-25-15-26-28(24)23(19)18-10-4-6-13-21(18)30-2/h3-6,8,10,12-15,23H,7,9,11H2,1-2H3,(H,25,26,27)/b17-14-. The number of methoxy groups -OCH3 is 2. The van der Waals surface area contributed by atoms with Gasteiger partial charge in [0.25, 0.3) is 0 Å². The van der Waals surface area contributed by atoms with Gasteiger partial charge < -0.3 is 14.8 Å². The Kier molecular flexibility index (Phi) is 4.75. The van der Waals surface area contributed by atoms with E-state index in [0.717, 1.165) is 53.5 Å². The van der Waals surface area contributed by atoms with Crippen LogP contribution in [-0.4, -0.2) is 29.0 Å². The van der Waals surface area contributed by atoms with Crippen molar-refractivity contribution in [3.8, 4) is 11.5 Å². The number of rotatable bonds is 4. The molecule has 152 valence electrons. The molecule has 0 bridgehead atoms. The van der Waals surface area contributed by atoms with E-state index in [9.17, 15) is 0 Å². The van der Waals surface area contributed by atoms with Crippen LogP contribution in [0.15, 0.2) is 71.7 Å². The van der Waals surface area contributed by atoms with Gasteiger partial charge in [0.05, 0.1) is 14.2 Å². The molecule has 6 nitrogen and oxygen atoms in total. The smallest absolute Gasteiger partial charge is 0.226 e. The molecule has 0 radical (unpaired) electrons. The summed E-state index contributed by atoms with van der Waals surface area (Å²) in [5, 5.41) is 8.07. The molecule has 1 aliphatic heterocycles. The highest BCUT2D eigenvalue weighted by atomic mass is 16.5. The van der Waals surface area contributed by atoms with Crippen molar-refractivity contribution in [3.05, 3.63) is 82.8 Å². The van der Waals surface area contributed by atoms with Crippen LogP contribution in [0.1, 0.15) is 36.4 Å². The van der Waals surface area contributed by atoms with Crippen LogP contribution in [-0.2, 0) is 0 Å². The SMILES string of the molecule is COc1ccccc1/C=C1/CCCC2=C1Nc1ncnn1C2c1ccccc1OC. The molecule has 0 saturated carbocycles. The van der Waals surface area contributed by atoms with Crippen molar-refractivity contribution in [2.75, 3.05) is 19.5 Å². The number of allylic oxidation sites excluding steroid dienone is 2. The predicted molar refractivity (Wildman–Crippen MR) is 117 cm³/mol.